The van der Waals surface area contributed by atoms with Gasteiger partial charge in [0.05, 0.1) is 22.5 Å². The molecule has 1 aliphatic heterocycles. The van der Waals surface area contributed by atoms with Crippen molar-refractivity contribution in [1.29, 1.82) is 5.41 Å². The van der Waals surface area contributed by atoms with Crippen molar-refractivity contribution in [2.24, 2.45) is 0 Å². The number of hydrogen-bond acceptors (Lipinski definition) is 6. The SMILES string of the molecule is BC(B)(B)Oc1ccc(C(=O)Nc2cc(Cl)c(F)c([C@]3(C)CS(=O)(=O)N(C)C(=N)N3)c2)nc1. The maximum Gasteiger partial charge on any atom is 0.274 e. The quantitative estimate of drug-likeness (QED) is 0.463. The lowest BCUT2D eigenvalue weighted by Crippen LogP contribution is -2.61. The number of amides is 1. The summed E-state index contributed by atoms with van der Waals surface area (Å²) in [5.74, 6) is -1.85. The van der Waals surface area contributed by atoms with Crippen LogP contribution in [0.1, 0.15) is 23.0 Å². The lowest BCUT2D eigenvalue weighted by molar-refractivity contribution is 0.102. The molecule has 1 saturated heterocycles. The topological polar surface area (TPSA) is 124 Å². The average Bonchev–Trinajstić information content (AvgIpc) is 2.67. The van der Waals surface area contributed by atoms with E-state index < -0.39 is 44.3 Å². The summed E-state index contributed by atoms with van der Waals surface area (Å²) in [5, 5.41) is 12.5. The Kier molecular flexibility index (Phi) is 6.46. The van der Waals surface area contributed by atoms with Gasteiger partial charge in [-0.1, -0.05) is 11.6 Å². The molecule has 0 spiro atoms. The van der Waals surface area contributed by atoms with Gasteiger partial charge in [-0.15, -0.1) is 0 Å². The number of hydrogen-bond donors (Lipinski definition) is 3. The van der Waals surface area contributed by atoms with Crippen molar-refractivity contribution in [3.8, 4) is 5.75 Å². The van der Waals surface area contributed by atoms with E-state index in [0.717, 1.165) is 4.31 Å². The molecule has 3 rings (SSSR count). The van der Waals surface area contributed by atoms with Crippen molar-refractivity contribution in [2.45, 2.75) is 17.8 Å². The summed E-state index contributed by atoms with van der Waals surface area (Å²) in [6, 6.07) is 5.59. The first-order chi connectivity index (χ1) is 15.1. The van der Waals surface area contributed by atoms with Crippen LogP contribution in [-0.2, 0) is 15.6 Å². The Labute approximate surface area is 199 Å². The van der Waals surface area contributed by atoms with Crippen LogP contribution >= 0.6 is 11.6 Å². The molecule has 9 nitrogen and oxygen atoms in total. The predicted octanol–water partition coefficient (Wildman–Crippen LogP) is -0.969. The molecule has 15 heteroatoms. The van der Waals surface area contributed by atoms with E-state index >= 15 is 0 Å². The summed E-state index contributed by atoms with van der Waals surface area (Å²) in [6.07, 6.45) is 1.42. The number of sulfonamides is 1. The second-order valence-corrected chi connectivity index (χ2v) is 11.3. The normalized spacial score (nSPS) is 20.1. The molecular formula is C18H22B3ClFN5O4S. The lowest BCUT2D eigenvalue weighted by Gasteiger charge is -2.40. The van der Waals surface area contributed by atoms with Crippen molar-refractivity contribution >= 4 is 62.7 Å². The minimum atomic E-state index is -3.86. The van der Waals surface area contributed by atoms with E-state index in [1.165, 1.54) is 38.4 Å². The number of carbonyl (C=O) groups excluding carboxylic acids is 1. The Hall–Kier alpha value is -2.73. The number of aromatic nitrogens is 1. The molecule has 1 aromatic heterocycles. The molecular weight excluding hydrogens is 469 g/mol. The molecule has 0 aliphatic carbocycles. The number of nitrogens with one attached hydrogen (secondary N) is 3. The minimum Gasteiger partial charge on any atom is -0.512 e. The van der Waals surface area contributed by atoms with Gasteiger partial charge >= 0.3 is 0 Å². The van der Waals surface area contributed by atoms with E-state index in [1.54, 1.807) is 6.07 Å². The van der Waals surface area contributed by atoms with Gasteiger partial charge in [0.1, 0.15) is 40.8 Å². The second kappa shape index (κ2) is 8.56. The predicted molar refractivity (Wildman–Crippen MR) is 132 cm³/mol. The summed E-state index contributed by atoms with van der Waals surface area (Å²) in [6.45, 7) is 1.45. The third-order valence-electron chi connectivity index (χ3n) is 4.87. The van der Waals surface area contributed by atoms with E-state index in [4.69, 9.17) is 21.7 Å². The van der Waals surface area contributed by atoms with Gasteiger partial charge in [-0.25, -0.2) is 22.1 Å². The number of carbonyl (C=O) groups is 1. The van der Waals surface area contributed by atoms with E-state index in [0.29, 0.717) is 5.75 Å². The molecule has 1 aromatic carbocycles. The molecule has 0 radical (unpaired) electrons. The molecule has 1 atom stereocenters. The smallest absolute Gasteiger partial charge is 0.274 e. The van der Waals surface area contributed by atoms with Crippen LogP contribution in [0.4, 0.5) is 10.1 Å². The zero-order valence-electron chi connectivity index (χ0n) is 18.8. The highest BCUT2D eigenvalue weighted by Gasteiger charge is 2.43. The maximum atomic E-state index is 14.9. The molecule has 1 amide bonds. The van der Waals surface area contributed by atoms with E-state index in [1.807, 2.05) is 23.5 Å². The van der Waals surface area contributed by atoms with Gasteiger partial charge in [0.25, 0.3) is 5.91 Å². The molecule has 2 heterocycles. The molecule has 33 heavy (non-hydrogen) atoms. The number of anilines is 1. The Bertz CT molecular complexity index is 1230. The lowest BCUT2D eigenvalue weighted by atomic mass is 9.52. The molecule has 172 valence electrons. The molecule has 0 bridgehead atoms. The van der Waals surface area contributed by atoms with Gasteiger partial charge in [0.15, 0.2) is 0 Å². The highest BCUT2D eigenvalue weighted by Crippen LogP contribution is 2.35. The fraction of sp³-hybridized carbons (Fsp3) is 0.278. The zero-order valence-corrected chi connectivity index (χ0v) is 20.4. The van der Waals surface area contributed by atoms with Crippen molar-refractivity contribution < 1.29 is 22.3 Å². The number of pyridine rings is 1. The summed E-state index contributed by atoms with van der Waals surface area (Å²) >= 11 is 6.05. The summed E-state index contributed by atoms with van der Waals surface area (Å²) in [4.78, 5) is 16.8. The Balaban J connectivity index is 1.89. The number of rotatable bonds is 5. The van der Waals surface area contributed by atoms with Crippen LogP contribution in [0.15, 0.2) is 30.5 Å². The number of guanidine groups is 1. The highest BCUT2D eigenvalue weighted by molar-refractivity contribution is 7.89. The van der Waals surface area contributed by atoms with E-state index in [9.17, 15) is 17.6 Å². The number of benzene rings is 1. The summed E-state index contributed by atoms with van der Waals surface area (Å²) in [5.41, 5.74) is -1.36. The van der Waals surface area contributed by atoms with Gasteiger partial charge in [-0.05, 0) is 31.2 Å². The monoisotopic (exact) mass is 491 g/mol. The number of ether oxygens (including phenoxy) is 1. The van der Waals surface area contributed by atoms with Gasteiger partial charge in [-0.3, -0.25) is 10.2 Å². The van der Waals surface area contributed by atoms with Crippen molar-refractivity contribution in [2.75, 3.05) is 18.1 Å². The summed E-state index contributed by atoms with van der Waals surface area (Å²) in [7, 11) is 3.02. The first kappa shape index (κ1) is 24.9. The number of nitrogens with zero attached hydrogens (tertiary/aromatic N) is 2. The Morgan fingerprint density at radius 3 is 2.61 bits per heavy atom. The molecule has 1 fully saturated rings. The average molecular weight is 491 g/mol. The van der Waals surface area contributed by atoms with Crippen LogP contribution in [0.2, 0.25) is 5.02 Å². The third kappa shape index (κ3) is 5.44. The van der Waals surface area contributed by atoms with Gasteiger partial charge in [0, 0.05) is 23.6 Å². The van der Waals surface area contributed by atoms with Crippen LogP contribution < -0.4 is 15.4 Å². The second-order valence-electron chi connectivity index (χ2n) is 8.90. The van der Waals surface area contributed by atoms with Crippen molar-refractivity contribution in [3.63, 3.8) is 0 Å². The zero-order chi connectivity index (χ0) is 24.8. The molecule has 3 N–H and O–H groups in total. The maximum absolute atomic E-state index is 14.9. The minimum absolute atomic E-state index is 0.0891. The first-order valence-electron chi connectivity index (χ1n) is 9.91. The van der Waals surface area contributed by atoms with Crippen molar-refractivity contribution in [3.05, 3.63) is 52.6 Å². The largest absolute Gasteiger partial charge is 0.512 e. The molecule has 2 aromatic rings. The molecule has 0 saturated carbocycles. The van der Waals surface area contributed by atoms with Gasteiger partial charge < -0.3 is 15.4 Å². The van der Waals surface area contributed by atoms with Crippen LogP contribution in [-0.4, -0.2) is 71.2 Å². The van der Waals surface area contributed by atoms with Crippen LogP contribution in [0, 0.1) is 11.2 Å². The van der Waals surface area contributed by atoms with Gasteiger partial charge in [-0.2, -0.15) is 0 Å². The van der Waals surface area contributed by atoms with Gasteiger partial charge in [0.2, 0.25) is 16.0 Å². The number of halogens is 2. The van der Waals surface area contributed by atoms with Crippen LogP contribution in [0.5, 0.6) is 5.75 Å². The fourth-order valence-electron chi connectivity index (χ4n) is 3.31. The highest BCUT2D eigenvalue weighted by atomic mass is 35.5. The standard InChI is InChI=1S/C18H22B3ClFN5O4S/c1-17(8-33(30,31)28(2)16(24)27-17)11-5-9(6-12(22)14(11)23)26-15(29)13-4-3-10(7-25-13)32-18(19,20)21/h3-7H,8,19-21H2,1-2H3,(H2,24,27)(H,26,29)/t17-/m0/s1. The van der Waals surface area contributed by atoms with Crippen LogP contribution in [0.25, 0.3) is 0 Å². The first-order valence-corrected chi connectivity index (χ1v) is 11.9. The van der Waals surface area contributed by atoms with E-state index in [-0.39, 0.29) is 22.0 Å². The fourth-order valence-corrected chi connectivity index (χ4v) is 5.00. The Morgan fingerprint density at radius 1 is 1.39 bits per heavy atom. The molecule has 1 aliphatic rings. The Morgan fingerprint density at radius 2 is 2.06 bits per heavy atom. The van der Waals surface area contributed by atoms with E-state index in [2.05, 4.69) is 15.6 Å². The molecule has 0 unspecified atom stereocenters. The third-order valence-corrected chi connectivity index (χ3v) is 7.11. The van der Waals surface area contributed by atoms with Crippen LogP contribution in [0.3, 0.4) is 0 Å². The van der Waals surface area contributed by atoms with Crippen molar-refractivity contribution in [1.82, 2.24) is 14.6 Å². The summed E-state index contributed by atoms with van der Waals surface area (Å²) < 4.78 is 46.3.